The molecule has 4 aromatic rings. The van der Waals surface area contributed by atoms with Crippen molar-refractivity contribution in [1.29, 1.82) is 0 Å². The van der Waals surface area contributed by atoms with Crippen LogP contribution in [0.3, 0.4) is 0 Å². The zero-order valence-corrected chi connectivity index (χ0v) is 14.1. The Hall–Kier alpha value is -2.93. The number of aromatic nitrogens is 3. The number of nitrogens with two attached hydrogens (primary N) is 1. The van der Waals surface area contributed by atoms with Crippen molar-refractivity contribution in [2.45, 2.75) is 6.92 Å². The third kappa shape index (κ3) is 2.48. The fraction of sp³-hybridized carbons (Fsp3) is 0.118. The Balaban J connectivity index is 1.91. The molecule has 0 aliphatic heterocycles. The molecule has 0 fully saturated rings. The lowest BCUT2D eigenvalue weighted by Gasteiger charge is -2.03. The van der Waals surface area contributed by atoms with E-state index in [9.17, 15) is 0 Å². The first-order valence-electron chi connectivity index (χ1n) is 7.43. The first kappa shape index (κ1) is 14.6. The fourth-order valence-electron chi connectivity index (χ4n) is 2.54. The van der Waals surface area contributed by atoms with Crippen molar-refractivity contribution < 1.29 is 9.14 Å². The number of hydrogen-bond donors (Lipinski definition) is 2. The van der Waals surface area contributed by atoms with Crippen LogP contribution in [0.15, 0.2) is 42.5 Å². The van der Waals surface area contributed by atoms with E-state index in [1.54, 1.807) is 18.4 Å². The van der Waals surface area contributed by atoms with Crippen LogP contribution >= 0.6 is 11.3 Å². The third-order valence-electron chi connectivity index (χ3n) is 3.75. The van der Waals surface area contributed by atoms with E-state index < -0.39 is 0 Å². The number of ether oxygens (including phenoxy) is 1. The highest BCUT2D eigenvalue weighted by molar-refractivity contribution is 7.22. The maximum absolute atomic E-state index is 5.89. The van der Waals surface area contributed by atoms with Crippen LogP contribution in [0.25, 0.3) is 15.2 Å². The van der Waals surface area contributed by atoms with Gasteiger partial charge in [0.05, 0.1) is 17.5 Å². The Morgan fingerprint density at radius 1 is 1.12 bits per heavy atom. The SMILES string of the molecule is COc1ccc2c(c1)sc1nc(N)nc(Nc3ccc(C)cc3)[n+]12. The maximum atomic E-state index is 5.89. The van der Waals surface area contributed by atoms with E-state index in [-0.39, 0.29) is 5.95 Å². The average molecular weight is 338 g/mol. The van der Waals surface area contributed by atoms with Crippen LogP contribution in [0.1, 0.15) is 5.56 Å². The second-order valence-electron chi connectivity index (χ2n) is 5.45. The molecule has 0 aliphatic carbocycles. The molecule has 0 aliphatic rings. The molecular formula is C17H16N5OS+. The number of anilines is 3. The number of aryl methyl sites for hydroxylation is 1. The smallest absolute Gasteiger partial charge is 0.362 e. The van der Waals surface area contributed by atoms with E-state index in [4.69, 9.17) is 10.5 Å². The van der Waals surface area contributed by atoms with Crippen molar-refractivity contribution in [1.82, 2.24) is 9.97 Å². The Bertz CT molecular complexity index is 1040. The molecule has 0 saturated carbocycles. The summed E-state index contributed by atoms with van der Waals surface area (Å²) in [7, 11) is 1.66. The van der Waals surface area contributed by atoms with Gasteiger partial charge >= 0.3 is 16.9 Å². The van der Waals surface area contributed by atoms with Crippen molar-refractivity contribution in [3.63, 3.8) is 0 Å². The average Bonchev–Trinajstić information content (AvgIpc) is 2.93. The molecule has 6 nitrogen and oxygen atoms in total. The monoisotopic (exact) mass is 338 g/mol. The van der Waals surface area contributed by atoms with E-state index in [0.29, 0.717) is 5.95 Å². The molecule has 4 rings (SSSR count). The number of thiazole rings is 1. The van der Waals surface area contributed by atoms with Gasteiger partial charge in [-0.1, -0.05) is 39.0 Å². The summed E-state index contributed by atoms with van der Waals surface area (Å²) in [5.74, 6) is 1.68. The summed E-state index contributed by atoms with van der Waals surface area (Å²) in [6.45, 7) is 2.05. The lowest BCUT2D eigenvalue weighted by atomic mass is 10.2. The number of nitrogens with one attached hydrogen (secondary N) is 1. The number of hydrogen-bond acceptors (Lipinski definition) is 6. The van der Waals surface area contributed by atoms with Crippen LogP contribution in [-0.2, 0) is 0 Å². The molecule has 2 heterocycles. The largest absolute Gasteiger partial charge is 0.497 e. The molecule has 3 N–H and O–H groups in total. The molecular weight excluding hydrogens is 322 g/mol. The molecule has 0 spiro atoms. The minimum absolute atomic E-state index is 0.239. The first-order chi connectivity index (χ1) is 11.6. The van der Waals surface area contributed by atoms with Crippen LogP contribution in [0.4, 0.5) is 17.6 Å². The zero-order valence-electron chi connectivity index (χ0n) is 13.3. The first-order valence-corrected chi connectivity index (χ1v) is 8.25. The maximum Gasteiger partial charge on any atom is 0.362 e. The highest BCUT2D eigenvalue weighted by atomic mass is 32.1. The van der Waals surface area contributed by atoms with Gasteiger partial charge in [0.25, 0.3) is 0 Å². The van der Waals surface area contributed by atoms with Gasteiger partial charge in [0.1, 0.15) is 11.3 Å². The molecule has 0 radical (unpaired) electrons. The summed E-state index contributed by atoms with van der Waals surface area (Å²) in [6.07, 6.45) is 0. The summed E-state index contributed by atoms with van der Waals surface area (Å²) in [4.78, 5) is 9.51. The number of fused-ring (bicyclic) bond motifs is 3. The molecule has 120 valence electrons. The van der Waals surface area contributed by atoms with Gasteiger partial charge in [-0.15, -0.1) is 0 Å². The molecule has 0 atom stereocenters. The lowest BCUT2D eigenvalue weighted by molar-refractivity contribution is -0.467. The Labute approximate surface area is 142 Å². The van der Waals surface area contributed by atoms with Gasteiger partial charge in [-0.3, -0.25) is 5.32 Å². The normalized spacial score (nSPS) is 11.1. The van der Waals surface area contributed by atoms with Crippen LogP contribution in [0, 0.1) is 6.92 Å². The minimum atomic E-state index is 0.239. The van der Waals surface area contributed by atoms with Crippen LogP contribution in [0.2, 0.25) is 0 Å². The van der Waals surface area contributed by atoms with Gasteiger partial charge in [0, 0.05) is 6.07 Å². The Kier molecular flexibility index (Phi) is 3.42. The quantitative estimate of drug-likeness (QED) is 0.561. The lowest BCUT2D eigenvalue weighted by Crippen LogP contribution is -2.27. The molecule has 0 amide bonds. The van der Waals surface area contributed by atoms with Crippen molar-refractivity contribution in [2.75, 3.05) is 18.2 Å². The van der Waals surface area contributed by atoms with E-state index in [1.807, 2.05) is 46.9 Å². The van der Waals surface area contributed by atoms with E-state index >= 15 is 0 Å². The van der Waals surface area contributed by atoms with Gasteiger partial charge in [0.15, 0.2) is 0 Å². The number of benzene rings is 2. The predicted octanol–water partition coefficient (Wildman–Crippen LogP) is 3.07. The highest BCUT2D eigenvalue weighted by Crippen LogP contribution is 2.26. The summed E-state index contributed by atoms with van der Waals surface area (Å²) < 4.78 is 8.32. The van der Waals surface area contributed by atoms with Gasteiger partial charge in [-0.2, -0.15) is 4.40 Å². The standard InChI is InChI=1S/C17H15N5OS/c1-10-3-5-11(6-4-10)19-16-20-15(18)21-17-22(16)13-8-7-12(23-2)9-14(13)24-17/h3-9H,1-2H3,(H2,18,19,20)/p+1. The molecule has 0 bridgehead atoms. The van der Waals surface area contributed by atoms with Crippen molar-refractivity contribution in [3.05, 3.63) is 48.0 Å². The topological polar surface area (TPSA) is 77.2 Å². The van der Waals surface area contributed by atoms with Gasteiger partial charge in [0.2, 0.25) is 0 Å². The number of rotatable bonds is 3. The van der Waals surface area contributed by atoms with Gasteiger partial charge in [-0.25, -0.2) is 0 Å². The summed E-state index contributed by atoms with van der Waals surface area (Å²) in [5.41, 5.74) is 9.04. The molecule has 24 heavy (non-hydrogen) atoms. The molecule has 2 aromatic heterocycles. The number of methoxy groups -OCH3 is 1. The Morgan fingerprint density at radius 3 is 2.67 bits per heavy atom. The highest BCUT2D eigenvalue weighted by Gasteiger charge is 2.20. The molecule has 2 aromatic carbocycles. The fourth-order valence-corrected chi connectivity index (χ4v) is 3.59. The number of nitrogens with zero attached hydrogens (tertiary/aromatic N) is 3. The molecule has 7 heteroatoms. The van der Waals surface area contributed by atoms with Crippen LogP contribution in [0.5, 0.6) is 5.75 Å². The van der Waals surface area contributed by atoms with Gasteiger partial charge in [-0.05, 0) is 31.2 Å². The van der Waals surface area contributed by atoms with Crippen molar-refractivity contribution in [2.24, 2.45) is 0 Å². The van der Waals surface area contributed by atoms with Crippen LogP contribution in [-0.4, -0.2) is 17.1 Å². The minimum Gasteiger partial charge on any atom is -0.497 e. The second-order valence-corrected chi connectivity index (χ2v) is 6.46. The zero-order chi connectivity index (χ0) is 16.7. The summed E-state index contributed by atoms with van der Waals surface area (Å²) in [6, 6.07) is 14.0. The molecule has 0 unspecified atom stereocenters. The predicted molar refractivity (Wildman–Crippen MR) is 96.0 cm³/mol. The summed E-state index contributed by atoms with van der Waals surface area (Å²) >= 11 is 1.54. The number of nitrogen functional groups attached to an aromatic ring is 1. The van der Waals surface area contributed by atoms with Crippen molar-refractivity contribution >= 4 is 44.1 Å². The van der Waals surface area contributed by atoms with E-state index in [2.05, 4.69) is 22.2 Å². The second kappa shape index (κ2) is 5.61. The van der Waals surface area contributed by atoms with Gasteiger partial charge < -0.3 is 10.5 Å². The van der Waals surface area contributed by atoms with Crippen molar-refractivity contribution in [3.8, 4) is 5.75 Å². The molecule has 0 saturated heterocycles. The summed E-state index contributed by atoms with van der Waals surface area (Å²) in [5, 5.41) is 3.33. The van der Waals surface area contributed by atoms with E-state index in [1.165, 1.54) is 5.56 Å². The van der Waals surface area contributed by atoms with E-state index in [0.717, 1.165) is 26.6 Å². The van der Waals surface area contributed by atoms with Crippen LogP contribution < -0.4 is 20.2 Å². The Morgan fingerprint density at radius 2 is 1.92 bits per heavy atom. The third-order valence-corrected chi connectivity index (χ3v) is 4.75.